The fourth-order valence-corrected chi connectivity index (χ4v) is 6.57. The molecule has 2 aliphatic rings. The Morgan fingerprint density at radius 2 is 1.91 bits per heavy atom. The first-order chi connectivity index (χ1) is 15.0. The molecule has 4 rings (SSSR count). The smallest absolute Gasteiger partial charge is 0.269 e. The molecule has 1 aromatic heterocycles. The second-order valence-electron chi connectivity index (χ2n) is 11.5. The van der Waals surface area contributed by atoms with Crippen molar-refractivity contribution in [3.05, 3.63) is 52.3 Å². The highest BCUT2D eigenvalue weighted by molar-refractivity contribution is 5.92. The van der Waals surface area contributed by atoms with Crippen molar-refractivity contribution < 1.29 is 4.79 Å². The minimum atomic E-state index is -0.00168. The normalized spacial score (nSPS) is 27.3. The number of carbonyl (C=O) groups excluding carboxylic acids is 1. The first kappa shape index (κ1) is 23.1. The summed E-state index contributed by atoms with van der Waals surface area (Å²) in [6.07, 6.45) is 6.00. The van der Waals surface area contributed by atoms with Gasteiger partial charge in [0.1, 0.15) is 5.69 Å². The van der Waals surface area contributed by atoms with E-state index in [0.29, 0.717) is 23.4 Å². The largest absolute Gasteiger partial charge is 0.350 e. The molecular weight excluding hydrogens is 394 g/mol. The van der Waals surface area contributed by atoms with Gasteiger partial charge in [-0.15, -0.1) is 0 Å². The molecule has 0 spiro atoms. The van der Waals surface area contributed by atoms with Gasteiger partial charge in [0.2, 0.25) is 0 Å². The molecule has 2 aliphatic carbocycles. The summed E-state index contributed by atoms with van der Waals surface area (Å²) in [5, 5.41) is 7.82. The van der Waals surface area contributed by atoms with Crippen LogP contribution in [0.4, 0.5) is 0 Å². The van der Waals surface area contributed by atoms with E-state index in [1.807, 2.05) is 13.1 Å². The highest BCUT2D eigenvalue weighted by Crippen LogP contribution is 2.57. The number of nitrogens with one attached hydrogen (secondary N) is 1. The lowest BCUT2D eigenvalue weighted by Crippen LogP contribution is -2.53. The van der Waals surface area contributed by atoms with Crippen molar-refractivity contribution in [2.75, 3.05) is 6.54 Å². The van der Waals surface area contributed by atoms with Crippen LogP contribution >= 0.6 is 0 Å². The van der Waals surface area contributed by atoms with Crippen molar-refractivity contribution in [2.24, 2.45) is 18.4 Å². The summed E-state index contributed by atoms with van der Waals surface area (Å²) in [4.78, 5) is 13.1. The quantitative estimate of drug-likeness (QED) is 0.616. The van der Waals surface area contributed by atoms with Crippen LogP contribution in [0.1, 0.15) is 112 Å². The molecule has 0 bridgehead atoms. The molecule has 2 aromatic rings. The lowest BCUT2D eigenvalue weighted by molar-refractivity contribution is 0.0253. The van der Waals surface area contributed by atoms with Crippen molar-refractivity contribution in [1.29, 1.82) is 0 Å². The molecule has 1 aromatic carbocycles. The predicted octanol–water partition coefficient (Wildman–Crippen LogP) is 6.11. The lowest BCUT2D eigenvalue weighted by atomic mass is 9.49. The number of benzene rings is 1. The number of nitrogens with zero attached hydrogens (tertiary/aromatic N) is 2. The summed E-state index contributed by atoms with van der Waals surface area (Å²) in [6.45, 7) is 14.4. The van der Waals surface area contributed by atoms with E-state index in [-0.39, 0.29) is 16.7 Å². The van der Waals surface area contributed by atoms with Crippen molar-refractivity contribution in [3.8, 4) is 0 Å². The number of amides is 1. The maximum atomic E-state index is 13.1. The number of fused-ring (bicyclic) bond motifs is 3. The van der Waals surface area contributed by atoms with Gasteiger partial charge in [0.25, 0.3) is 5.91 Å². The van der Waals surface area contributed by atoms with Crippen molar-refractivity contribution in [1.82, 2.24) is 15.1 Å². The summed E-state index contributed by atoms with van der Waals surface area (Å²) in [5.74, 6) is 1.47. The van der Waals surface area contributed by atoms with Gasteiger partial charge < -0.3 is 5.32 Å². The molecule has 3 atom stereocenters. The van der Waals surface area contributed by atoms with Crippen LogP contribution in [0.3, 0.4) is 0 Å². The van der Waals surface area contributed by atoms with Gasteiger partial charge in [0.05, 0.1) is 5.69 Å². The van der Waals surface area contributed by atoms with E-state index in [1.54, 1.807) is 15.8 Å². The zero-order chi connectivity index (χ0) is 23.3. The number of hydrogen-bond donors (Lipinski definition) is 1. The van der Waals surface area contributed by atoms with Crippen LogP contribution in [0.5, 0.6) is 0 Å². The lowest BCUT2D eigenvalue weighted by Gasteiger charge is -2.55. The van der Waals surface area contributed by atoms with E-state index in [4.69, 9.17) is 0 Å². The summed E-state index contributed by atoms with van der Waals surface area (Å²) >= 11 is 0. The zero-order valence-electron chi connectivity index (χ0n) is 21.1. The second-order valence-corrected chi connectivity index (χ2v) is 11.5. The number of carbonyl (C=O) groups is 1. The molecule has 1 amide bonds. The molecule has 0 unspecified atom stereocenters. The third kappa shape index (κ3) is 3.91. The zero-order valence-corrected chi connectivity index (χ0v) is 21.1. The highest BCUT2D eigenvalue weighted by atomic mass is 16.2. The molecule has 1 N–H and O–H groups in total. The maximum Gasteiger partial charge on any atom is 0.269 e. The molecule has 32 heavy (non-hydrogen) atoms. The molecule has 1 fully saturated rings. The van der Waals surface area contributed by atoms with Crippen LogP contribution < -0.4 is 5.32 Å². The Kier molecular flexibility index (Phi) is 6.02. The van der Waals surface area contributed by atoms with E-state index in [1.165, 1.54) is 31.2 Å². The predicted molar refractivity (Wildman–Crippen MR) is 131 cm³/mol. The minimum Gasteiger partial charge on any atom is -0.350 e. The first-order valence-electron chi connectivity index (χ1n) is 12.5. The maximum absolute atomic E-state index is 13.1. The van der Waals surface area contributed by atoms with Crippen molar-refractivity contribution >= 4 is 5.91 Å². The van der Waals surface area contributed by atoms with Crippen LogP contribution in [-0.2, 0) is 18.9 Å². The molecule has 1 saturated carbocycles. The number of rotatable bonds is 5. The number of aryl methyl sites for hydroxylation is 2. The van der Waals surface area contributed by atoms with E-state index >= 15 is 0 Å². The second kappa shape index (κ2) is 8.35. The summed E-state index contributed by atoms with van der Waals surface area (Å²) in [7, 11) is 1.86. The fraction of sp³-hybridized carbons (Fsp3) is 0.643. The van der Waals surface area contributed by atoms with E-state index < -0.39 is 0 Å². The third-order valence-electron chi connectivity index (χ3n) is 8.54. The number of hydrogen-bond acceptors (Lipinski definition) is 2. The van der Waals surface area contributed by atoms with Gasteiger partial charge in [-0.1, -0.05) is 66.2 Å². The first-order valence-corrected chi connectivity index (χ1v) is 12.5. The average Bonchev–Trinajstić information content (AvgIpc) is 3.13. The van der Waals surface area contributed by atoms with Gasteiger partial charge >= 0.3 is 0 Å². The topological polar surface area (TPSA) is 46.9 Å². The Balaban J connectivity index is 1.55. The Morgan fingerprint density at radius 3 is 2.56 bits per heavy atom. The van der Waals surface area contributed by atoms with Gasteiger partial charge in [0.15, 0.2) is 0 Å². The Bertz CT molecular complexity index is 1000. The van der Waals surface area contributed by atoms with Crippen molar-refractivity contribution in [3.63, 3.8) is 0 Å². The number of aromatic nitrogens is 2. The molecule has 174 valence electrons. The monoisotopic (exact) mass is 435 g/mol. The van der Waals surface area contributed by atoms with Crippen LogP contribution in [-0.4, -0.2) is 22.2 Å². The third-order valence-corrected chi connectivity index (χ3v) is 8.54. The average molecular weight is 436 g/mol. The van der Waals surface area contributed by atoms with Gasteiger partial charge in [-0.2, -0.15) is 5.10 Å². The Morgan fingerprint density at radius 1 is 1.16 bits per heavy atom. The summed E-state index contributed by atoms with van der Waals surface area (Å²) in [5.41, 5.74) is 6.50. The van der Waals surface area contributed by atoms with E-state index in [2.05, 4.69) is 70.2 Å². The van der Waals surface area contributed by atoms with Gasteiger partial charge in [0, 0.05) is 13.6 Å². The molecular formula is C28H41N3O. The molecule has 0 radical (unpaired) electrons. The van der Waals surface area contributed by atoms with Crippen LogP contribution in [0, 0.1) is 11.3 Å². The SMILES string of the molecule is CC(C)c1ccc2c(c1)CC[C@H]1[C@](C)(CNC(=O)c3cc(C(C)C)nn3C)CCC[C@]21C. The summed E-state index contributed by atoms with van der Waals surface area (Å²) in [6, 6.07) is 9.17. The summed E-state index contributed by atoms with van der Waals surface area (Å²) < 4.78 is 1.72. The molecule has 1 heterocycles. The van der Waals surface area contributed by atoms with Gasteiger partial charge in [-0.05, 0) is 77.0 Å². The highest BCUT2D eigenvalue weighted by Gasteiger charge is 2.51. The van der Waals surface area contributed by atoms with E-state index in [9.17, 15) is 4.79 Å². The minimum absolute atomic E-state index is 0.00168. The van der Waals surface area contributed by atoms with E-state index in [0.717, 1.165) is 18.7 Å². The molecule has 4 nitrogen and oxygen atoms in total. The van der Waals surface area contributed by atoms with Crippen LogP contribution in [0.25, 0.3) is 0 Å². The fourth-order valence-electron chi connectivity index (χ4n) is 6.57. The van der Waals surface area contributed by atoms with Crippen LogP contribution in [0.2, 0.25) is 0 Å². The molecule has 4 heteroatoms. The molecule has 0 saturated heterocycles. The standard InChI is InChI=1S/C28H41N3O/c1-18(2)20-9-11-22-21(15-20)10-12-25-27(5,13-8-14-28(22,25)6)17-29-26(32)24-16-23(19(3)4)30-31(24)7/h9,11,15-16,18-19,25H,8,10,12-14,17H2,1-7H3,(H,29,32)/t25-,27-,28+/m0/s1. The van der Waals surface area contributed by atoms with Gasteiger partial charge in [-0.3, -0.25) is 9.48 Å². The Labute approximate surface area is 194 Å². The van der Waals surface area contributed by atoms with Crippen LogP contribution in [0.15, 0.2) is 24.3 Å². The van der Waals surface area contributed by atoms with Gasteiger partial charge in [-0.25, -0.2) is 0 Å². The van der Waals surface area contributed by atoms with Crippen molar-refractivity contribution in [2.45, 2.75) is 90.9 Å². The Hall–Kier alpha value is -2.10. The molecule has 0 aliphatic heterocycles.